The van der Waals surface area contributed by atoms with Gasteiger partial charge < -0.3 is 10.1 Å². The first-order chi connectivity index (χ1) is 8.19. The lowest BCUT2D eigenvalue weighted by Gasteiger charge is -2.10. The number of nitrogens with zero attached hydrogens (tertiary/aromatic N) is 1. The molecule has 0 saturated carbocycles. The number of nitrogens with one attached hydrogen (secondary N) is 1. The number of nitro groups is 1. The van der Waals surface area contributed by atoms with E-state index in [-0.39, 0.29) is 5.69 Å². The van der Waals surface area contributed by atoms with Crippen LogP contribution in [0.15, 0.2) is 18.2 Å². The van der Waals surface area contributed by atoms with Crippen LogP contribution in [0.1, 0.15) is 5.56 Å². The summed E-state index contributed by atoms with van der Waals surface area (Å²) in [6, 6.07) is 4.67. The van der Waals surface area contributed by atoms with Gasteiger partial charge in [-0.2, -0.15) is 11.8 Å². The third-order valence-electron chi connectivity index (χ3n) is 2.17. The molecule has 0 fully saturated rings. The van der Waals surface area contributed by atoms with Crippen molar-refractivity contribution < 1.29 is 9.66 Å². The molecule has 0 aliphatic carbocycles. The topological polar surface area (TPSA) is 64.4 Å². The molecule has 1 aromatic rings. The molecule has 1 N–H and O–H groups in total. The van der Waals surface area contributed by atoms with Crippen molar-refractivity contribution in [3.8, 4) is 5.75 Å². The van der Waals surface area contributed by atoms with Crippen molar-refractivity contribution in [1.82, 2.24) is 5.32 Å². The zero-order valence-electron chi connectivity index (χ0n) is 9.93. The molecule has 0 aliphatic heterocycles. The fraction of sp³-hybridized carbons (Fsp3) is 0.455. The molecule has 0 atom stereocenters. The molecule has 1 aromatic carbocycles. The molecule has 6 heteroatoms. The van der Waals surface area contributed by atoms with E-state index in [1.54, 1.807) is 30.9 Å². The summed E-state index contributed by atoms with van der Waals surface area (Å²) in [4.78, 5) is 10.3. The summed E-state index contributed by atoms with van der Waals surface area (Å²) in [5.41, 5.74) is 0.898. The van der Waals surface area contributed by atoms with Crippen LogP contribution in [-0.4, -0.2) is 30.6 Å². The third kappa shape index (κ3) is 4.24. The minimum Gasteiger partial charge on any atom is -0.492 e. The molecule has 1 rings (SSSR count). The second-order valence-electron chi connectivity index (χ2n) is 3.42. The van der Waals surface area contributed by atoms with Crippen molar-refractivity contribution >= 4 is 17.4 Å². The van der Waals surface area contributed by atoms with Crippen LogP contribution in [-0.2, 0) is 6.54 Å². The number of hydrogen-bond acceptors (Lipinski definition) is 5. The number of rotatable bonds is 7. The summed E-state index contributed by atoms with van der Waals surface area (Å²) in [5, 5.41) is 13.6. The van der Waals surface area contributed by atoms with Crippen LogP contribution in [0.4, 0.5) is 5.69 Å². The average molecular weight is 256 g/mol. The Morgan fingerprint density at radius 2 is 2.29 bits per heavy atom. The number of non-ortho nitro benzene ring substituents is 1. The quantitative estimate of drug-likeness (QED) is 0.459. The van der Waals surface area contributed by atoms with Crippen LogP contribution in [0.3, 0.4) is 0 Å². The first kappa shape index (κ1) is 13.8. The van der Waals surface area contributed by atoms with Gasteiger partial charge in [-0.25, -0.2) is 0 Å². The Balaban J connectivity index is 2.83. The summed E-state index contributed by atoms with van der Waals surface area (Å²) in [6.45, 7) is 1.16. The number of thioether (sulfide) groups is 1. The number of hydrogen-bond donors (Lipinski definition) is 1. The van der Waals surface area contributed by atoms with E-state index in [0.29, 0.717) is 18.9 Å². The first-order valence-electron chi connectivity index (χ1n) is 5.22. The highest BCUT2D eigenvalue weighted by atomic mass is 32.2. The molecule has 0 unspecified atom stereocenters. The van der Waals surface area contributed by atoms with E-state index in [2.05, 4.69) is 5.32 Å². The van der Waals surface area contributed by atoms with Crippen molar-refractivity contribution in [3.63, 3.8) is 0 Å². The molecule has 0 amide bonds. The lowest BCUT2D eigenvalue weighted by molar-refractivity contribution is -0.384. The highest BCUT2D eigenvalue weighted by Crippen LogP contribution is 2.24. The third-order valence-corrected chi connectivity index (χ3v) is 2.74. The molecule has 0 aliphatic rings. The van der Waals surface area contributed by atoms with E-state index in [1.807, 2.05) is 6.26 Å². The molecule has 0 saturated heterocycles. The summed E-state index contributed by atoms with van der Waals surface area (Å²) < 4.78 is 5.58. The Hall–Kier alpha value is -1.27. The Labute approximate surface area is 105 Å². The van der Waals surface area contributed by atoms with Crippen LogP contribution in [0, 0.1) is 10.1 Å². The van der Waals surface area contributed by atoms with E-state index >= 15 is 0 Å². The highest BCUT2D eigenvalue weighted by Gasteiger charge is 2.11. The van der Waals surface area contributed by atoms with Gasteiger partial charge in [0.1, 0.15) is 5.75 Å². The van der Waals surface area contributed by atoms with Crippen molar-refractivity contribution in [2.45, 2.75) is 6.54 Å². The van der Waals surface area contributed by atoms with E-state index in [9.17, 15) is 10.1 Å². The van der Waals surface area contributed by atoms with E-state index in [4.69, 9.17) is 4.74 Å². The Morgan fingerprint density at radius 1 is 1.53 bits per heavy atom. The summed E-state index contributed by atoms with van der Waals surface area (Å²) in [6.07, 6.45) is 2.01. The largest absolute Gasteiger partial charge is 0.492 e. The number of benzene rings is 1. The van der Waals surface area contributed by atoms with Gasteiger partial charge in [0.25, 0.3) is 5.69 Å². The van der Waals surface area contributed by atoms with Crippen LogP contribution < -0.4 is 10.1 Å². The smallest absolute Gasteiger partial charge is 0.270 e. The lowest BCUT2D eigenvalue weighted by atomic mass is 10.2. The Kier molecular flexibility index (Phi) is 5.79. The maximum atomic E-state index is 10.7. The van der Waals surface area contributed by atoms with Crippen molar-refractivity contribution in [1.29, 1.82) is 0 Å². The number of ether oxygens (including phenoxy) is 1. The van der Waals surface area contributed by atoms with E-state index in [0.717, 1.165) is 11.3 Å². The van der Waals surface area contributed by atoms with E-state index in [1.165, 1.54) is 6.07 Å². The predicted octanol–water partition coefficient (Wildman–Crippen LogP) is 2.06. The van der Waals surface area contributed by atoms with Gasteiger partial charge in [0.2, 0.25) is 0 Å². The van der Waals surface area contributed by atoms with Crippen LogP contribution in [0.2, 0.25) is 0 Å². The Bertz CT molecular complexity index is 385. The average Bonchev–Trinajstić information content (AvgIpc) is 2.31. The minimum absolute atomic E-state index is 0.0902. The first-order valence-corrected chi connectivity index (χ1v) is 6.62. The van der Waals surface area contributed by atoms with Crippen LogP contribution >= 0.6 is 11.8 Å². The van der Waals surface area contributed by atoms with Crippen molar-refractivity contribution in [2.75, 3.05) is 25.7 Å². The molecule has 0 heterocycles. The monoisotopic (exact) mass is 256 g/mol. The second kappa shape index (κ2) is 7.13. The summed E-state index contributed by atoms with van der Waals surface area (Å²) in [7, 11) is 1.80. The van der Waals surface area contributed by atoms with Gasteiger partial charge in [-0.1, -0.05) is 0 Å². The molecular formula is C11H16N2O3S. The molecule has 5 nitrogen and oxygen atoms in total. The minimum atomic E-state index is -0.398. The SMILES string of the molecule is CNCc1cc([N+](=O)[O-])ccc1OCCSC. The standard InChI is InChI=1S/C11H16N2O3S/c1-12-8-9-7-10(13(14)15)3-4-11(9)16-5-6-17-2/h3-4,7,12H,5-6,8H2,1-2H3. The van der Waals surface area contributed by atoms with Crippen molar-refractivity contribution in [2.24, 2.45) is 0 Å². The molecule has 0 spiro atoms. The molecule has 0 radical (unpaired) electrons. The molecule has 0 aromatic heterocycles. The predicted molar refractivity (Wildman–Crippen MR) is 69.7 cm³/mol. The maximum absolute atomic E-state index is 10.7. The van der Waals surface area contributed by atoms with Crippen molar-refractivity contribution in [3.05, 3.63) is 33.9 Å². The molecular weight excluding hydrogens is 240 g/mol. The zero-order chi connectivity index (χ0) is 12.7. The maximum Gasteiger partial charge on any atom is 0.270 e. The Morgan fingerprint density at radius 3 is 2.88 bits per heavy atom. The van der Waals surface area contributed by atoms with Gasteiger partial charge >= 0.3 is 0 Å². The lowest BCUT2D eigenvalue weighted by Crippen LogP contribution is -2.09. The molecule has 17 heavy (non-hydrogen) atoms. The molecule has 0 bridgehead atoms. The zero-order valence-corrected chi connectivity index (χ0v) is 10.8. The molecule has 94 valence electrons. The van der Waals surface area contributed by atoms with Crippen LogP contribution in [0.25, 0.3) is 0 Å². The fourth-order valence-electron chi connectivity index (χ4n) is 1.38. The summed E-state index contributed by atoms with van der Waals surface area (Å²) >= 11 is 1.70. The van der Waals surface area contributed by atoms with Gasteiger partial charge in [-0.15, -0.1) is 0 Å². The van der Waals surface area contributed by atoms with E-state index < -0.39 is 4.92 Å². The van der Waals surface area contributed by atoms with Gasteiger partial charge in [0.05, 0.1) is 11.5 Å². The number of nitro benzene ring substituents is 1. The van der Waals surface area contributed by atoms with Crippen LogP contribution in [0.5, 0.6) is 5.75 Å². The summed E-state index contributed by atoms with van der Waals surface area (Å²) in [5.74, 6) is 1.61. The normalized spacial score (nSPS) is 10.2. The van der Waals surface area contributed by atoms with Gasteiger partial charge in [0.15, 0.2) is 0 Å². The van der Waals surface area contributed by atoms with Gasteiger partial charge in [0, 0.05) is 30.0 Å². The fourth-order valence-corrected chi connectivity index (χ4v) is 1.63. The van der Waals surface area contributed by atoms with Gasteiger partial charge in [-0.05, 0) is 19.4 Å². The second-order valence-corrected chi connectivity index (χ2v) is 4.41. The highest BCUT2D eigenvalue weighted by molar-refractivity contribution is 7.98. The van der Waals surface area contributed by atoms with Gasteiger partial charge in [-0.3, -0.25) is 10.1 Å².